The molecule has 4 unspecified atom stereocenters. The van der Waals surface area contributed by atoms with Crippen molar-refractivity contribution in [3.8, 4) is 0 Å². The van der Waals surface area contributed by atoms with Gasteiger partial charge in [-0.3, -0.25) is 4.79 Å². The van der Waals surface area contributed by atoms with Crippen LogP contribution in [0.4, 0.5) is 0 Å². The minimum Gasteiger partial charge on any atom is -0.396 e. The Morgan fingerprint density at radius 2 is 2.25 bits per heavy atom. The molecule has 94 valence electrons. The minimum atomic E-state index is -0.0154. The SMILES string of the molecule is CCC1OCCC1C(=O)NC(C)C(C)CO. The Hall–Kier alpha value is -0.610. The fraction of sp³-hybridized carbons (Fsp3) is 0.917. The standard InChI is InChI=1S/C12H23NO3/c1-4-11-10(5-6-16-11)12(15)13-9(3)8(2)7-14/h8-11,14H,4-7H2,1-3H3,(H,13,15). The van der Waals surface area contributed by atoms with Crippen LogP contribution in [0.1, 0.15) is 33.6 Å². The Kier molecular flexibility index (Phi) is 5.22. The lowest BCUT2D eigenvalue weighted by atomic mass is 9.97. The molecule has 1 heterocycles. The molecule has 4 atom stereocenters. The first kappa shape index (κ1) is 13.5. The fourth-order valence-electron chi connectivity index (χ4n) is 1.98. The van der Waals surface area contributed by atoms with Gasteiger partial charge in [-0.2, -0.15) is 0 Å². The predicted molar refractivity (Wildman–Crippen MR) is 62.0 cm³/mol. The van der Waals surface area contributed by atoms with Gasteiger partial charge in [0, 0.05) is 19.3 Å². The molecule has 0 aromatic carbocycles. The molecule has 0 aromatic heterocycles. The molecular weight excluding hydrogens is 206 g/mol. The molecule has 0 radical (unpaired) electrons. The summed E-state index contributed by atoms with van der Waals surface area (Å²) in [6.07, 6.45) is 1.75. The molecular formula is C12H23NO3. The van der Waals surface area contributed by atoms with Crippen LogP contribution in [-0.2, 0) is 9.53 Å². The highest BCUT2D eigenvalue weighted by Gasteiger charge is 2.33. The van der Waals surface area contributed by atoms with Crippen LogP contribution in [0.25, 0.3) is 0 Å². The topological polar surface area (TPSA) is 58.6 Å². The van der Waals surface area contributed by atoms with E-state index in [-0.39, 0.29) is 36.5 Å². The minimum absolute atomic E-state index is 0.00982. The van der Waals surface area contributed by atoms with Gasteiger partial charge in [-0.25, -0.2) is 0 Å². The molecule has 0 saturated carbocycles. The molecule has 2 N–H and O–H groups in total. The van der Waals surface area contributed by atoms with Crippen LogP contribution in [0.5, 0.6) is 0 Å². The molecule has 1 saturated heterocycles. The van der Waals surface area contributed by atoms with Gasteiger partial charge < -0.3 is 15.2 Å². The highest BCUT2D eigenvalue weighted by atomic mass is 16.5. The van der Waals surface area contributed by atoms with Gasteiger partial charge in [0.05, 0.1) is 12.0 Å². The predicted octanol–water partition coefficient (Wildman–Crippen LogP) is 0.935. The number of ether oxygens (including phenoxy) is 1. The van der Waals surface area contributed by atoms with E-state index in [0.29, 0.717) is 6.61 Å². The number of hydrogen-bond acceptors (Lipinski definition) is 3. The summed E-state index contributed by atoms with van der Waals surface area (Å²) in [6.45, 7) is 6.67. The first-order valence-corrected chi connectivity index (χ1v) is 6.13. The smallest absolute Gasteiger partial charge is 0.226 e. The summed E-state index contributed by atoms with van der Waals surface area (Å²) in [5.41, 5.74) is 0. The van der Waals surface area contributed by atoms with E-state index >= 15 is 0 Å². The third kappa shape index (κ3) is 3.19. The average molecular weight is 229 g/mol. The summed E-state index contributed by atoms with van der Waals surface area (Å²) in [4.78, 5) is 12.0. The van der Waals surface area contributed by atoms with Crippen LogP contribution in [0.2, 0.25) is 0 Å². The molecule has 1 aliphatic heterocycles. The Morgan fingerprint density at radius 3 is 2.81 bits per heavy atom. The summed E-state index contributed by atoms with van der Waals surface area (Å²) in [6, 6.07) is 0.00982. The lowest BCUT2D eigenvalue weighted by Gasteiger charge is -2.23. The summed E-state index contributed by atoms with van der Waals surface area (Å²) < 4.78 is 5.49. The maximum Gasteiger partial charge on any atom is 0.226 e. The maximum absolute atomic E-state index is 12.0. The van der Waals surface area contributed by atoms with Gasteiger partial charge in [0.2, 0.25) is 5.91 Å². The number of hydrogen-bond donors (Lipinski definition) is 2. The van der Waals surface area contributed by atoms with E-state index in [2.05, 4.69) is 5.32 Å². The molecule has 0 aromatic rings. The number of amides is 1. The number of aliphatic hydroxyl groups is 1. The second kappa shape index (κ2) is 6.21. The molecule has 0 aliphatic carbocycles. The van der Waals surface area contributed by atoms with E-state index in [1.54, 1.807) is 0 Å². The van der Waals surface area contributed by atoms with Gasteiger partial charge in [0.15, 0.2) is 0 Å². The van der Waals surface area contributed by atoms with Crippen molar-refractivity contribution in [2.45, 2.75) is 45.8 Å². The van der Waals surface area contributed by atoms with Crippen molar-refractivity contribution in [3.63, 3.8) is 0 Å². The van der Waals surface area contributed by atoms with Crippen molar-refractivity contribution in [1.29, 1.82) is 0 Å². The highest BCUT2D eigenvalue weighted by molar-refractivity contribution is 5.79. The lowest BCUT2D eigenvalue weighted by molar-refractivity contribution is -0.127. The molecule has 1 fully saturated rings. The van der Waals surface area contributed by atoms with Crippen molar-refractivity contribution < 1.29 is 14.6 Å². The average Bonchev–Trinajstić information content (AvgIpc) is 2.75. The molecule has 1 aliphatic rings. The highest BCUT2D eigenvalue weighted by Crippen LogP contribution is 2.23. The largest absolute Gasteiger partial charge is 0.396 e. The van der Waals surface area contributed by atoms with Crippen LogP contribution in [-0.4, -0.2) is 36.4 Å². The zero-order valence-electron chi connectivity index (χ0n) is 10.4. The normalized spacial score (nSPS) is 28.8. The zero-order chi connectivity index (χ0) is 12.1. The van der Waals surface area contributed by atoms with E-state index in [4.69, 9.17) is 9.84 Å². The van der Waals surface area contributed by atoms with Crippen molar-refractivity contribution in [1.82, 2.24) is 5.32 Å². The van der Waals surface area contributed by atoms with E-state index in [1.807, 2.05) is 20.8 Å². The van der Waals surface area contributed by atoms with E-state index < -0.39 is 0 Å². The summed E-state index contributed by atoms with van der Waals surface area (Å²) in [7, 11) is 0. The Labute approximate surface area is 97.4 Å². The van der Waals surface area contributed by atoms with Gasteiger partial charge in [0.25, 0.3) is 0 Å². The molecule has 0 bridgehead atoms. The van der Waals surface area contributed by atoms with Crippen LogP contribution < -0.4 is 5.32 Å². The number of aliphatic hydroxyl groups excluding tert-OH is 1. The Morgan fingerprint density at radius 1 is 1.56 bits per heavy atom. The van der Waals surface area contributed by atoms with Gasteiger partial charge in [-0.15, -0.1) is 0 Å². The molecule has 4 heteroatoms. The summed E-state index contributed by atoms with van der Waals surface area (Å²) in [5, 5.41) is 12.0. The molecule has 16 heavy (non-hydrogen) atoms. The molecule has 1 rings (SSSR count). The first-order chi connectivity index (χ1) is 7.60. The molecule has 4 nitrogen and oxygen atoms in total. The van der Waals surface area contributed by atoms with Crippen molar-refractivity contribution in [2.75, 3.05) is 13.2 Å². The fourth-order valence-corrected chi connectivity index (χ4v) is 1.98. The van der Waals surface area contributed by atoms with Crippen LogP contribution in [0.3, 0.4) is 0 Å². The second-order valence-corrected chi connectivity index (χ2v) is 4.67. The third-order valence-electron chi connectivity index (χ3n) is 3.46. The van der Waals surface area contributed by atoms with Crippen molar-refractivity contribution in [2.24, 2.45) is 11.8 Å². The van der Waals surface area contributed by atoms with Crippen molar-refractivity contribution in [3.05, 3.63) is 0 Å². The van der Waals surface area contributed by atoms with Crippen LogP contribution in [0, 0.1) is 11.8 Å². The molecule has 0 spiro atoms. The van der Waals surface area contributed by atoms with Gasteiger partial charge in [-0.05, 0) is 25.7 Å². The number of nitrogens with one attached hydrogen (secondary N) is 1. The second-order valence-electron chi connectivity index (χ2n) is 4.67. The first-order valence-electron chi connectivity index (χ1n) is 6.13. The third-order valence-corrected chi connectivity index (χ3v) is 3.46. The van der Waals surface area contributed by atoms with E-state index in [1.165, 1.54) is 0 Å². The van der Waals surface area contributed by atoms with Crippen LogP contribution in [0.15, 0.2) is 0 Å². The maximum atomic E-state index is 12.0. The van der Waals surface area contributed by atoms with E-state index in [0.717, 1.165) is 12.8 Å². The zero-order valence-corrected chi connectivity index (χ0v) is 10.4. The number of carbonyl (C=O) groups excluding carboxylic acids is 1. The monoisotopic (exact) mass is 229 g/mol. The van der Waals surface area contributed by atoms with E-state index in [9.17, 15) is 4.79 Å². The number of carbonyl (C=O) groups is 1. The van der Waals surface area contributed by atoms with Gasteiger partial charge >= 0.3 is 0 Å². The lowest BCUT2D eigenvalue weighted by Crippen LogP contribution is -2.43. The van der Waals surface area contributed by atoms with Crippen molar-refractivity contribution >= 4 is 5.91 Å². The quantitative estimate of drug-likeness (QED) is 0.737. The Bertz CT molecular complexity index is 232. The van der Waals surface area contributed by atoms with Crippen LogP contribution >= 0.6 is 0 Å². The number of rotatable bonds is 5. The Balaban J connectivity index is 2.45. The van der Waals surface area contributed by atoms with Gasteiger partial charge in [0.1, 0.15) is 0 Å². The summed E-state index contributed by atoms with van der Waals surface area (Å²) in [5.74, 6) is 0.141. The summed E-state index contributed by atoms with van der Waals surface area (Å²) >= 11 is 0. The van der Waals surface area contributed by atoms with Gasteiger partial charge in [-0.1, -0.05) is 13.8 Å². The molecule has 1 amide bonds.